The normalized spacial score (nSPS) is 11.5. The number of imidazole rings is 4. The number of hydrogen-bond donors (Lipinski definition) is 0. The van der Waals surface area contributed by atoms with Gasteiger partial charge in [0.1, 0.15) is 51.0 Å². The zero-order chi connectivity index (χ0) is 35.1. The van der Waals surface area contributed by atoms with Crippen LogP contribution >= 0.6 is 0 Å². The molecule has 4 heterocycles. The zero-order valence-corrected chi connectivity index (χ0v) is 26.9. The zero-order valence-electron chi connectivity index (χ0n) is 26.9. The summed E-state index contributed by atoms with van der Waals surface area (Å²) in [5, 5.41) is 46.3. The van der Waals surface area contributed by atoms with Crippen molar-refractivity contribution in [2.75, 3.05) is 39.3 Å². The predicted octanol–water partition coefficient (Wildman–Crippen LogP) is 2.04. The summed E-state index contributed by atoms with van der Waals surface area (Å²) < 4.78 is 5.93. The van der Waals surface area contributed by atoms with Crippen LogP contribution in [0.3, 0.4) is 0 Å². The maximum atomic E-state index is 11.6. The van der Waals surface area contributed by atoms with Crippen molar-refractivity contribution in [2.45, 2.75) is 53.9 Å². The van der Waals surface area contributed by atoms with Crippen molar-refractivity contribution in [3.63, 3.8) is 0 Å². The van der Waals surface area contributed by atoms with Gasteiger partial charge in [-0.25, -0.2) is 38.2 Å². The molecule has 0 saturated heterocycles. The van der Waals surface area contributed by atoms with Crippen molar-refractivity contribution < 1.29 is 19.7 Å². The fourth-order valence-corrected chi connectivity index (χ4v) is 5.43. The lowest BCUT2D eigenvalue weighted by atomic mass is 10.3. The molecular weight excluding hydrogens is 636 g/mol. The Labute approximate surface area is 272 Å². The Kier molecular flexibility index (Phi) is 11.2. The molecule has 0 aromatic carbocycles. The van der Waals surface area contributed by atoms with E-state index in [0.717, 1.165) is 0 Å². The van der Waals surface area contributed by atoms with Crippen LogP contribution in [0.15, 0.2) is 24.8 Å². The largest absolute Gasteiger partial charge is 0.358 e. The maximum Gasteiger partial charge on any atom is 0.342 e. The molecule has 0 amide bonds. The van der Waals surface area contributed by atoms with Crippen LogP contribution < -0.4 is 0 Å². The van der Waals surface area contributed by atoms with Gasteiger partial charge in [0.2, 0.25) is 0 Å². The molecule has 0 unspecified atom stereocenters. The van der Waals surface area contributed by atoms with Crippen molar-refractivity contribution in [3.8, 4) is 0 Å². The summed E-state index contributed by atoms with van der Waals surface area (Å²) >= 11 is 0. The first-order valence-corrected chi connectivity index (χ1v) is 14.9. The lowest BCUT2D eigenvalue weighted by Crippen LogP contribution is -2.40. The van der Waals surface area contributed by atoms with Crippen LogP contribution in [-0.4, -0.2) is 107 Å². The van der Waals surface area contributed by atoms with E-state index >= 15 is 0 Å². The van der Waals surface area contributed by atoms with Gasteiger partial charge in [-0.05, 0) is 19.7 Å². The fourth-order valence-electron chi connectivity index (χ4n) is 5.43. The monoisotopic (exact) mass is 672 g/mol. The third-order valence-electron chi connectivity index (χ3n) is 8.18. The molecule has 22 heteroatoms. The second-order valence-corrected chi connectivity index (χ2v) is 11.0. The average Bonchev–Trinajstić information content (AvgIpc) is 3.79. The van der Waals surface area contributed by atoms with E-state index in [9.17, 15) is 40.5 Å². The van der Waals surface area contributed by atoms with E-state index in [2.05, 4.69) is 19.9 Å². The van der Waals surface area contributed by atoms with Crippen molar-refractivity contribution in [1.82, 2.24) is 48.0 Å². The lowest BCUT2D eigenvalue weighted by molar-refractivity contribution is -0.392. The molecule has 22 nitrogen and oxygen atoms in total. The van der Waals surface area contributed by atoms with Crippen LogP contribution in [0.5, 0.6) is 0 Å². The molecule has 0 saturated carbocycles. The summed E-state index contributed by atoms with van der Waals surface area (Å²) in [4.78, 5) is 64.5. The van der Waals surface area contributed by atoms with Gasteiger partial charge in [-0.1, -0.05) is 0 Å². The summed E-state index contributed by atoms with van der Waals surface area (Å²) in [6, 6.07) is 0. The van der Waals surface area contributed by atoms with Crippen LogP contribution in [0.4, 0.5) is 23.3 Å². The van der Waals surface area contributed by atoms with Gasteiger partial charge >= 0.3 is 23.3 Å². The van der Waals surface area contributed by atoms with Crippen LogP contribution in [0.2, 0.25) is 0 Å². The second kappa shape index (κ2) is 15.3. The van der Waals surface area contributed by atoms with Gasteiger partial charge in [0.25, 0.3) is 0 Å². The molecule has 0 bridgehead atoms. The van der Waals surface area contributed by atoms with Crippen molar-refractivity contribution in [3.05, 3.63) is 88.5 Å². The van der Waals surface area contributed by atoms with Crippen LogP contribution in [0.25, 0.3) is 0 Å². The highest BCUT2D eigenvalue weighted by Gasteiger charge is 2.24. The van der Waals surface area contributed by atoms with Gasteiger partial charge in [-0.15, -0.1) is 0 Å². The molecule has 4 rings (SSSR count). The first-order valence-electron chi connectivity index (χ1n) is 14.9. The summed E-state index contributed by atoms with van der Waals surface area (Å²) in [5.41, 5.74) is 0. The van der Waals surface area contributed by atoms with Crippen molar-refractivity contribution >= 4 is 23.3 Å². The molecule has 0 fully saturated rings. The van der Waals surface area contributed by atoms with E-state index in [1.165, 1.54) is 43.1 Å². The van der Waals surface area contributed by atoms with E-state index in [1.54, 1.807) is 27.7 Å². The van der Waals surface area contributed by atoms with Gasteiger partial charge in [-0.3, -0.25) is 9.80 Å². The molecule has 0 spiro atoms. The minimum atomic E-state index is -0.515. The van der Waals surface area contributed by atoms with Gasteiger partial charge in [-0.2, -0.15) is 0 Å². The number of aryl methyl sites for hydroxylation is 4. The van der Waals surface area contributed by atoms with Gasteiger partial charge in [0.15, 0.2) is 23.3 Å². The molecular formula is C26H36N14O8. The van der Waals surface area contributed by atoms with Gasteiger partial charge in [0.05, 0.1) is 0 Å². The quantitative estimate of drug-likeness (QED) is 0.102. The lowest BCUT2D eigenvalue weighted by Gasteiger charge is -2.27. The highest BCUT2D eigenvalue weighted by atomic mass is 16.6. The number of hydrogen-bond acceptors (Lipinski definition) is 14. The molecule has 0 aliphatic rings. The molecule has 0 atom stereocenters. The second-order valence-electron chi connectivity index (χ2n) is 11.0. The Morgan fingerprint density at radius 1 is 0.458 bits per heavy atom. The summed E-state index contributed by atoms with van der Waals surface area (Å²) in [6.07, 6.45) is 4.75. The van der Waals surface area contributed by atoms with Crippen LogP contribution in [0.1, 0.15) is 23.3 Å². The molecule has 0 aliphatic carbocycles. The maximum absolute atomic E-state index is 11.6. The van der Waals surface area contributed by atoms with Crippen LogP contribution in [0, 0.1) is 68.2 Å². The Bertz CT molecular complexity index is 1540. The van der Waals surface area contributed by atoms with E-state index in [0.29, 0.717) is 62.6 Å². The molecule has 258 valence electrons. The first kappa shape index (κ1) is 35.2. The molecule has 48 heavy (non-hydrogen) atoms. The third-order valence-corrected chi connectivity index (χ3v) is 8.18. The van der Waals surface area contributed by atoms with Crippen molar-refractivity contribution in [2.24, 2.45) is 0 Å². The van der Waals surface area contributed by atoms with E-state index in [-0.39, 0.29) is 49.5 Å². The SMILES string of the molecule is Cc1ncc([N+](=O)[O-])n1CCN(CCN(CCn1c([N+](=O)[O-])cnc1C)CCn1c([N+](=O)[O-])cnc1C)CCn1c([N+](=O)[O-])cnc1C. The van der Waals surface area contributed by atoms with Crippen molar-refractivity contribution in [1.29, 1.82) is 0 Å². The molecule has 4 aromatic heterocycles. The standard InChI is InChI=1S/C26H36N14O8/c1-19-27-15-23(37(41)42)33(19)11-7-31(8-12-34-20(2)28-16-24(34)38(43)44)5-6-32(9-13-35-21(3)29-17-25(35)39(45)46)10-14-36-22(4)30-18-26(36)40(47)48/h15-18H,5-14H2,1-4H3. The van der Waals surface area contributed by atoms with Crippen LogP contribution in [-0.2, 0) is 26.2 Å². The number of nitrogens with zero attached hydrogens (tertiary/aromatic N) is 14. The summed E-state index contributed by atoms with van der Waals surface area (Å²) in [7, 11) is 0. The first-order chi connectivity index (χ1) is 22.8. The Morgan fingerprint density at radius 2 is 0.667 bits per heavy atom. The smallest absolute Gasteiger partial charge is 0.342 e. The number of nitro groups is 4. The van der Waals surface area contributed by atoms with E-state index in [1.807, 2.05) is 9.80 Å². The Morgan fingerprint density at radius 3 is 0.854 bits per heavy atom. The Hall–Kier alpha value is -5.64. The summed E-state index contributed by atoms with van der Waals surface area (Å²) in [5.74, 6) is 1.18. The number of rotatable bonds is 19. The van der Waals surface area contributed by atoms with E-state index in [4.69, 9.17) is 0 Å². The molecule has 0 radical (unpaired) electrons. The predicted molar refractivity (Wildman–Crippen MR) is 167 cm³/mol. The van der Waals surface area contributed by atoms with Gasteiger partial charge in [0, 0.05) is 67.0 Å². The molecule has 4 aromatic rings. The third kappa shape index (κ3) is 8.19. The Balaban J connectivity index is 1.56. The number of aromatic nitrogens is 8. The molecule has 0 aliphatic heterocycles. The fraction of sp³-hybridized carbons (Fsp3) is 0.538. The average molecular weight is 673 g/mol. The topological polar surface area (TPSA) is 250 Å². The minimum Gasteiger partial charge on any atom is -0.358 e. The molecule has 0 N–H and O–H groups in total. The van der Waals surface area contributed by atoms with E-state index < -0.39 is 19.7 Å². The van der Waals surface area contributed by atoms with Gasteiger partial charge < -0.3 is 40.5 Å². The highest BCUT2D eigenvalue weighted by Crippen LogP contribution is 2.18. The highest BCUT2D eigenvalue weighted by molar-refractivity contribution is 5.21. The minimum absolute atomic E-state index is 0.162. The summed E-state index contributed by atoms with van der Waals surface area (Å²) in [6.45, 7) is 9.58.